The topological polar surface area (TPSA) is 119 Å². The summed E-state index contributed by atoms with van der Waals surface area (Å²) in [6, 6.07) is 1.14. The number of carbonyl (C=O) groups is 3. The maximum Gasteiger partial charge on any atom is 0.301 e. The third-order valence-electron chi connectivity index (χ3n) is 6.11. The highest BCUT2D eigenvalue weighted by Crippen LogP contribution is 2.30. The van der Waals surface area contributed by atoms with Crippen molar-refractivity contribution >= 4 is 23.3 Å². The molecule has 2 heterocycles. The number of carbonyl (C=O) groups excluding carboxylic acids is 3. The lowest BCUT2D eigenvalue weighted by molar-refractivity contribution is -0.115. The first-order valence-electron chi connectivity index (χ1n) is 10.2. The zero-order valence-corrected chi connectivity index (χ0v) is 18.1. The van der Waals surface area contributed by atoms with Crippen LogP contribution in [-0.4, -0.2) is 44.4 Å². The van der Waals surface area contributed by atoms with Crippen molar-refractivity contribution in [1.29, 1.82) is 0 Å². The lowest BCUT2D eigenvalue weighted by Crippen LogP contribution is -2.47. The van der Waals surface area contributed by atoms with Crippen LogP contribution in [0.2, 0.25) is 0 Å². The molecule has 0 saturated heterocycles. The van der Waals surface area contributed by atoms with Crippen LogP contribution in [0.25, 0.3) is 0 Å². The molecule has 3 N–H and O–H groups in total. The van der Waals surface area contributed by atoms with Crippen LogP contribution in [0.5, 0.6) is 0 Å². The number of nitrogens with two attached hydrogens (primary N) is 1. The van der Waals surface area contributed by atoms with Gasteiger partial charge in [-0.1, -0.05) is 0 Å². The number of primary amides is 1. The Morgan fingerprint density at radius 1 is 1.19 bits per heavy atom. The van der Waals surface area contributed by atoms with Crippen LogP contribution in [0, 0.1) is 26.7 Å². The molecule has 3 rings (SSSR count). The fraction of sp³-hybridized carbons (Fsp3) is 0.455. The second-order valence-corrected chi connectivity index (χ2v) is 8.13. The molecule has 2 aromatic rings. The van der Waals surface area contributed by atoms with Gasteiger partial charge in [0.2, 0.25) is 5.95 Å². The van der Waals surface area contributed by atoms with Crippen molar-refractivity contribution in [3.05, 3.63) is 46.3 Å². The molecule has 0 aromatic carbocycles. The molecule has 0 bridgehead atoms. The maximum atomic E-state index is 13.7. The average Bonchev–Trinajstić information content (AvgIpc) is 2.94. The molecule has 166 valence electrons. The minimum absolute atomic E-state index is 0.0870. The number of aliphatic hydroxyl groups is 1. The van der Waals surface area contributed by atoms with Crippen LogP contribution in [0.1, 0.15) is 63.4 Å². The molecule has 31 heavy (non-hydrogen) atoms. The minimum atomic E-state index is -0.797. The smallest absolute Gasteiger partial charge is 0.301 e. The Kier molecular flexibility index (Phi) is 6.26. The number of Topliss-reactive ketones (excluding diaryl/α,β-unsaturated/α-hetero) is 1. The molecule has 2 amide bonds. The first-order chi connectivity index (χ1) is 14.5. The number of aryl methyl sites for hydroxylation is 1. The van der Waals surface area contributed by atoms with Gasteiger partial charge >= 0.3 is 5.91 Å². The highest BCUT2D eigenvalue weighted by Gasteiger charge is 2.36. The second kappa shape index (κ2) is 8.58. The Balaban J connectivity index is 2.06. The highest BCUT2D eigenvalue weighted by atomic mass is 19.1. The third-order valence-corrected chi connectivity index (χ3v) is 6.11. The van der Waals surface area contributed by atoms with Crippen LogP contribution in [0.4, 0.5) is 10.1 Å². The van der Waals surface area contributed by atoms with Gasteiger partial charge in [0.05, 0.1) is 29.2 Å². The fourth-order valence-electron chi connectivity index (χ4n) is 4.36. The Morgan fingerprint density at radius 3 is 2.32 bits per heavy atom. The largest absolute Gasteiger partial charge is 0.393 e. The van der Waals surface area contributed by atoms with E-state index in [0.29, 0.717) is 42.6 Å². The van der Waals surface area contributed by atoms with Crippen LogP contribution in [0.3, 0.4) is 0 Å². The number of halogens is 1. The van der Waals surface area contributed by atoms with E-state index < -0.39 is 29.6 Å². The van der Waals surface area contributed by atoms with Gasteiger partial charge in [-0.25, -0.2) is 4.98 Å². The van der Waals surface area contributed by atoms with Crippen molar-refractivity contribution in [3.63, 3.8) is 0 Å². The molecule has 8 nitrogen and oxygen atoms in total. The standard InChI is InChI=1S/C22H27FN4O4/c1-11-9-15(10-25-20(11)23)27(14-5-7-16(28)8-6-14)22(31)19(29)18-12(2)17(21(24)30)13(3)26(18)4/h9-10,14,16,28H,5-8H2,1-4H3,(H2,24,30). The van der Waals surface area contributed by atoms with Crippen molar-refractivity contribution in [1.82, 2.24) is 9.55 Å². The summed E-state index contributed by atoms with van der Waals surface area (Å²) >= 11 is 0. The molecule has 0 unspecified atom stereocenters. The van der Waals surface area contributed by atoms with Gasteiger partial charge in [0.15, 0.2) is 0 Å². The summed E-state index contributed by atoms with van der Waals surface area (Å²) in [5.74, 6) is -2.91. The Morgan fingerprint density at radius 2 is 1.81 bits per heavy atom. The second-order valence-electron chi connectivity index (χ2n) is 8.13. The summed E-state index contributed by atoms with van der Waals surface area (Å²) in [5, 5.41) is 9.86. The van der Waals surface area contributed by atoms with Gasteiger partial charge in [-0.2, -0.15) is 4.39 Å². The number of hydrogen-bond donors (Lipinski definition) is 2. The fourth-order valence-corrected chi connectivity index (χ4v) is 4.36. The molecule has 0 radical (unpaired) electrons. The van der Waals surface area contributed by atoms with Gasteiger partial charge in [0, 0.05) is 24.3 Å². The number of hydrogen-bond acceptors (Lipinski definition) is 5. The van der Waals surface area contributed by atoms with E-state index in [9.17, 15) is 23.9 Å². The number of nitrogens with zero attached hydrogens (tertiary/aromatic N) is 3. The van der Waals surface area contributed by atoms with Crippen LogP contribution in [0.15, 0.2) is 12.3 Å². The van der Waals surface area contributed by atoms with Gasteiger partial charge in [0.25, 0.3) is 11.7 Å². The van der Waals surface area contributed by atoms with Gasteiger partial charge in [-0.15, -0.1) is 0 Å². The summed E-state index contributed by atoms with van der Waals surface area (Å²) in [6.07, 6.45) is 2.75. The number of anilines is 1. The van der Waals surface area contributed by atoms with Gasteiger partial charge in [-0.05, 0) is 58.1 Å². The van der Waals surface area contributed by atoms with Gasteiger partial charge in [-0.3, -0.25) is 14.4 Å². The highest BCUT2D eigenvalue weighted by molar-refractivity contribution is 6.47. The predicted molar refractivity (Wildman–Crippen MR) is 112 cm³/mol. The molecular formula is C22H27FN4O4. The lowest BCUT2D eigenvalue weighted by Gasteiger charge is -2.35. The summed E-state index contributed by atoms with van der Waals surface area (Å²) in [5.41, 5.74) is 7.17. The predicted octanol–water partition coefficient (Wildman–Crippen LogP) is 2.10. The quantitative estimate of drug-likeness (QED) is 0.428. The molecule has 0 spiro atoms. The van der Waals surface area contributed by atoms with E-state index in [2.05, 4.69) is 4.98 Å². The summed E-state index contributed by atoms with van der Waals surface area (Å²) in [6.45, 7) is 4.77. The number of rotatable bonds is 5. The summed E-state index contributed by atoms with van der Waals surface area (Å²) < 4.78 is 15.2. The van der Waals surface area contributed by atoms with E-state index in [0.717, 1.165) is 0 Å². The molecule has 2 aromatic heterocycles. The Hall–Kier alpha value is -3.07. The van der Waals surface area contributed by atoms with E-state index in [1.807, 2.05) is 0 Å². The summed E-state index contributed by atoms with van der Waals surface area (Å²) in [7, 11) is 1.60. The van der Waals surface area contributed by atoms with Gasteiger partial charge < -0.3 is 20.3 Å². The van der Waals surface area contributed by atoms with E-state index in [4.69, 9.17) is 5.73 Å². The van der Waals surface area contributed by atoms with Crippen molar-refractivity contribution in [2.75, 3.05) is 4.90 Å². The molecule has 0 atom stereocenters. The minimum Gasteiger partial charge on any atom is -0.393 e. The number of ketones is 1. The van der Waals surface area contributed by atoms with Gasteiger partial charge in [0.1, 0.15) is 0 Å². The van der Waals surface area contributed by atoms with Crippen molar-refractivity contribution in [2.24, 2.45) is 12.8 Å². The molecule has 0 aliphatic heterocycles. The average molecular weight is 430 g/mol. The SMILES string of the molecule is Cc1cc(N(C(=O)C(=O)c2c(C)c(C(N)=O)c(C)n2C)C2CCC(O)CC2)cnc1F. The molecule has 1 saturated carbocycles. The third kappa shape index (κ3) is 4.10. The van der Waals surface area contributed by atoms with Crippen LogP contribution >= 0.6 is 0 Å². The van der Waals surface area contributed by atoms with Crippen molar-refractivity contribution in [3.8, 4) is 0 Å². The Labute approximate surface area is 179 Å². The maximum absolute atomic E-state index is 13.7. The van der Waals surface area contributed by atoms with Crippen LogP contribution in [-0.2, 0) is 11.8 Å². The zero-order chi connectivity index (χ0) is 23.0. The van der Waals surface area contributed by atoms with Crippen molar-refractivity contribution in [2.45, 2.75) is 58.6 Å². The normalized spacial score (nSPS) is 18.6. The van der Waals surface area contributed by atoms with E-state index in [-0.39, 0.29) is 22.9 Å². The molecule has 9 heteroatoms. The number of amides is 2. The molecule has 1 fully saturated rings. The number of pyridine rings is 1. The first kappa shape index (κ1) is 22.6. The lowest BCUT2D eigenvalue weighted by atomic mass is 9.91. The molecular weight excluding hydrogens is 403 g/mol. The monoisotopic (exact) mass is 430 g/mol. The van der Waals surface area contributed by atoms with E-state index in [1.165, 1.54) is 28.7 Å². The summed E-state index contributed by atoms with van der Waals surface area (Å²) in [4.78, 5) is 43.7. The number of aromatic nitrogens is 2. The van der Waals surface area contributed by atoms with E-state index >= 15 is 0 Å². The molecule has 1 aliphatic carbocycles. The van der Waals surface area contributed by atoms with Crippen molar-refractivity contribution < 1.29 is 23.9 Å². The zero-order valence-electron chi connectivity index (χ0n) is 18.1. The Bertz CT molecular complexity index is 1050. The van der Waals surface area contributed by atoms with Crippen LogP contribution < -0.4 is 10.6 Å². The number of aliphatic hydroxyl groups excluding tert-OH is 1. The van der Waals surface area contributed by atoms with E-state index in [1.54, 1.807) is 20.9 Å². The molecule has 1 aliphatic rings. The first-order valence-corrected chi connectivity index (χ1v) is 10.2.